The second kappa shape index (κ2) is 9.22. The van der Waals surface area contributed by atoms with Gasteiger partial charge in [0.2, 0.25) is 12.2 Å². The first-order chi connectivity index (χ1) is 19.8. The molecular weight excluding hydrogens is 532 g/mol. The van der Waals surface area contributed by atoms with Crippen LogP contribution < -0.4 is 10.6 Å². The monoisotopic (exact) mass is 556 g/mol. The van der Waals surface area contributed by atoms with Crippen LogP contribution >= 0.6 is 0 Å². The Hall–Kier alpha value is -4.60. The van der Waals surface area contributed by atoms with E-state index in [1.165, 1.54) is 19.5 Å². The van der Waals surface area contributed by atoms with Gasteiger partial charge in [0.05, 0.1) is 11.1 Å². The molecule has 1 aromatic carbocycles. The number of aliphatic hydroxyl groups is 2. The van der Waals surface area contributed by atoms with Crippen LogP contribution in [0.25, 0.3) is 0 Å². The molecule has 0 radical (unpaired) electrons. The first kappa shape index (κ1) is 25.4. The molecule has 1 aliphatic heterocycles. The number of aliphatic imine (C=N–C) groups is 1. The fourth-order valence-corrected chi connectivity index (χ4v) is 6.00. The van der Waals surface area contributed by atoms with E-state index in [2.05, 4.69) is 42.4 Å². The van der Waals surface area contributed by atoms with E-state index in [9.17, 15) is 23.8 Å². The first-order valence-corrected chi connectivity index (χ1v) is 13.2. The van der Waals surface area contributed by atoms with Crippen LogP contribution in [0.3, 0.4) is 0 Å². The number of rotatable bonds is 4. The maximum Gasteiger partial charge on any atom is 0.317 e. The number of amides is 1. The van der Waals surface area contributed by atoms with Gasteiger partial charge >= 0.3 is 5.82 Å². The minimum Gasteiger partial charge on any atom is -0.389 e. The molecule has 4 aliphatic rings. The molecule has 4 unspecified atom stereocenters. The molecule has 0 bridgehead atoms. The summed E-state index contributed by atoms with van der Waals surface area (Å²) in [5.41, 5.74) is 0.934. The van der Waals surface area contributed by atoms with Crippen LogP contribution in [0.1, 0.15) is 35.8 Å². The average molecular weight is 557 g/mol. The van der Waals surface area contributed by atoms with E-state index >= 15 is 0 Å². The number of carbonyl (C=O) groups excluding carboxylic acids is 1. The van der Waals surface area contributed by atoms with Crippen molar-refractivity contribution in [1.29, 1.82) is 0 Å². The van der Waals surface area contributed by atoms with E-state index in [1.807, 2.05) is 6.07 Å². The SMILES string of the molecule is CNC(=O)C12CC1C(=[N+]1C=Nc3c(NC4CC4c4ccc(F)c(F)c4)nc(C#Cc4ccccn4)nc31)[C@H](O)[C@@H]2O. The van der Waals surface area contributed by atoms with Crippen molar-refractivity contribution in [3.05, 3.63) is 71.3 Å². The van der Waals surface area contributed by atoms with Crippen LogP contribution in [0.5, 0.6) is 0 Å². The highest BCUT2D eigenvalue weighted by atomic mass is 19.2. The summed E-state index contributed by atoms with van der Waals surface area (Å²) in [5, 5.41) is 27.8. The molecule has 0 spiro atoms. The maximum atomic E-state index is 13.8. The van der Waals surface area contributed by atoms with Gasteiger partial charge in [-0.1, -0.05) is 22.1 Å². The van der Waals surface area contributed by atoms with Gasteiger partial charge < -0.3 is 20.8 Å². The number of hydrogen-bond acceptors (Lipinski definition) is 8. The van der Waals surface area contributed by atoms with Crippen LogP contribution in [-0.2, 0) is 4.79 Å². The molecule has 12 heteroatoms. The lowest BCUT2D eigenvalue weighted by atomic mass is 9.98. The van der Waals surface area contributed by atoms with Crippen molar-refractivity contribution in [1.82, 2.24) is 20.3 Å². The number of aromatic nitrogens is 3. The molecule has 2 aromatic heterocycles. The molecule has 6 atom stereocenters. The second-order valence-corrected chi connectivity index (χ2v) is 10.6. The summed E-state index contributed by atoms with van der Waals surface area (Å²) >= 11 is 0. The molecule has 3 aliphatic carbocycles. The Morgan fingerprint density at radius 2 is 2.00 bits per heavy atom. The van der Waals surface area contributed by atoms with Gasteiger partial charge in [-0.05, 0) is 54.5 Å². The molecule has 7 rings (SSSR count). The smallest absolute Gasteiger partial charge is 0.317 e. The summed E-state index contributed by atoms with van der Waals surface area (Å²) < 4.78 is 28.9. The van der Waals surface area contributed by atoms with Crippen molar-refractivity contribution in [2.75, 3.05) is 12.4 Å². The Morgan fingerprint density at radius 1 is 1.15 bits per heavy atom. The molecule has 206 valence electrons. The van der Waals surface area contributed by atoms with E-state index in [-0.39, 0.29) is 29.6 Å². The molecule has 4 N–H and O–H groups in total. The lowest BCUT2D eigenvalue weighted by molar-refractivity contribution is -0.302. The van der Waals surface area contributed by atoms with Crippen LogP contribution in [0.4, 0.5) is 26.1 Å². The predicted molar refractivity (Wildman–Crippen MR) is 143 cm³/mol. The lowest BCUT2D eigenvalue weighted by Gasteiger charge is -2.19. The third-order valence-corrected chi connectivity index (χ3v) is 8.27. The summed E-state index contributed by atoms with van der Waals surface area (Å²) in [5.74, 6) is 4.21. The van der Waals surface area contributed by atoms with Gasteiger partial charge in [0.25, 0.3) is 11.5 Å². The number of anilines is 1. The fourth-order valence-electron chi connectivity index (χ4n) is 6.00. The van der Waals surface area contributed by atoms with E-state index < -0.39 is 29.3 Å². The van der Waals surface area contributed by atoms with Gasteiger partial charge in [0.1, 0.15) is 17.9 Å². The van der Waals surface area contributed by atoms with Gasteiger partial charge in [0.15, 0.2) is 17.5 Å². The van der Waals surface area contributed by atoms with E-state index in [0.717, 1.165) is 6.07 Å². The minimum atomic E-state index is -1.29. The Balaban J connectivity index is 1.27. The van der Waals surface area contributed by atoms with Gasteiger partial charge in [0, 0.05) is 31.1 Å². The molecular formula is C29H24F2N7O3+. The van der Waals surface area contributed by atoms with Crippen LogP contribution in [0.2, 0.25) is 0 Å². The van der Waals surface area contributed by atoms with Crippen molar-refractivity contribution in [3.8, 4) is 11.8 Å². The van der Waals surface area contributed by atoms with Crippen molar-refractivity contribution < 1.29 is 28.4 Å². The molecule has 3 aromatic rings. The topological polar surface area (TPSA) is 136 Å². The minimum absolute atomic E-state index is 0.0546. The number of nitrogens with one attached hydrogen (secondary N) is 2. The summed E-state index contributed by atoms with van der Waals surface area (Å²) in [6.07, 6.45) is 1.61. The van der Waals surface area contributed by atoms with Crippen molar-refractivity contribution >= 4 is 35.3 Å². The van der Waals surface area contributed by atoms with Gasteiger partial charge in [-0.25, -0.2) is 18.3 Å². The quantitative estimate of drug-likeness (QED) is 0.284. The first-order valence-electron chi connectivity index (χ1n) is 13.2. The number of carbonyl (C=O) groups is 1. The Kier molecular flexibility index (Phi) is 5.71. The van der Waals surface area contributed by atoms with Crippen molar-refractivity contribution in [2.45, 2.75) is 37.0 Å². The zero-order chi connectivity index (χ0) is 28.5. The second-order valence-electron chi connectivity index (χ2n) is 10.6. The van der Waals surface area contributed by atoms with Crippen LogP contribution in [0, 0.1) is 34.8 Å². The predicted octanol–water partition coefficient (Wildman–Crippen LogP) is 1.76. The molecule has 41 heavy (non-hydrogen) atoms. The highest BCUT2D eigenvalue weighted by Gasteiger charge is 2.75. The standard InChI is InChI=1S/C29H23F2N7O3/c1-32-28(41)29-12-17(29)23(24(39)25(29)40)38-13-34-22-26(35-20-11-16(20)14-5-7-18(30)19(31)10-14)36-21(37-27(22)38)8-6-15-4-2-3-9-33-15/h2-5,7,9-10,13,16-17,20,24-25,39-40H,11-12H2,1H3,(H-,32,35,36,37,41)/p+1/t16?,17?,20?,24-,25-,29?/m0/s1. The number of aliphatic hydroxyl groups excluding tert-OH is 2. The summed E-state index contributed by atoms with van der Waals surface area (Å²) in [4.78, 5) is 30.6. The number of halogens is 2. The summed E-state index contributed by atoms with van der Waals surface area (Å²) in [7, 11) is 1.50. The number of nitrogens with zero attached hydrogens (tertiary/aromatic N) is 5. The molecule has 3 saturated carbocycles. The van der Waals surface area contributed by atoms with E-state index in [1.54, 1.807) is 29.0 Å². The number of fused-ring (bicyclic) bond motifs is 2. The van der Waals surface area contributed by atoms with Crippen molar-refractivity contribution in [3.63, 3.8) is 0 Å². The Morgan fingerprint density at radius 3 is 2.76 bits per heavy atom. The van der Waals surface area contributed by atoms with Crippen molar-refractivity contribution in [2.24, 2.45) is 16.3 Å². The molecule has 10 nitrogen and oxygen atoms in total. The number of pyridine rings is 1. The molecule has 3 heterocycles. The molecule has 1 amide bonds. The lowest BCUT2D eigenvalue weighted by Crippen LogP contribution is -2.42. The highest BCUT2D eigenvalue weighted by molar-refractivity contribution is 6.06. The largest absolute Gasteiger partial charge is 0.389 e. The fraction of sp³-hybridized carbons (Fsp3) is 0.310. The molecule has 3 fully saturated rings. The molecule has 0 saturated heterocycles. The van der Waals surface area contributed by atoms with Crippen LogP contribution in [0.15, 0.2) is 47.6 Å². The Labute approximate surface area is 232 Å². The van der Waals surface area contributed by atoms with E-state index in [4.69, 9.17) is 0 Å². The summed E-state index contributed by atoms with van der Waals surface area (Å²) in [6, 6.07) is 9.11. The van der Waals surface area contributed by atoms with Gasteiger partial charge in [-0.15, -0.1) is 0 Å². The van der Waals surface area contributed by atoms with Crippen LogP contribution in [-0.4, -0.2) is 73.0 Å². The van der Waals surface area contributed by atoms with Gasteiger partial charge in [-0.3, -0.25) is 4.79 Å². The zero-order valence-corrected chi connectivity index (χ0v) is 21.7. The third-order valence-electron chi connectivity index (χ3n) is 8.27. The number of benzene rings is 1. The zero-order valence-electron chi connectivity index (χ0n) is 21.7. The highest BCUT2D eigenvalue weighted by Crippen LogP contribution is 2.62. The normalized spacial score (nSPS) is 30.2. The average Bonchev–Trinajstić information content (AvgIpc) is 3.86. The Bertz CT molecular complexity index is 1740. The summed E-state index contributed by atoms with van der Waals surface area (Å²) in [6.45, 7) is 0. The maximum absolute atomic E-state index is 13.8. The number of hydrogen-bond donors (Lipinski definition) is 4. The van der Waals surface area contributed by atoms with Gasteiger partial charge in [-0.2, -0.15) is 4.98 Å². The van der Waals surface area contributed by atoms with E-state index in [0.29, 0.717) is 47.1 Å². The third kappa shape index (κ3) is 4.00.